The number of hydrogen-bond donors (Lipinski definition) is 2. The first kappa shape index (κ1) is 18.5. The summed E-state index contributed by atoms with van der Waals surface area (Å²) < 4.78 is 23.1. The van der Waals surface area contributed by atoms with E-state index in [2.05, 4.69) is 19.5 Å². The Bertz CT molecular complexity index is 663. The van der Waals surface area contributed by atoms with Crippen LogP contribution in [0.25, 0.3) is 11.2 Å². The van der Waals surface area contributed by atoms with Crippen molar-refractivity contribution in [1.29, 1.82) is 0 Å². The molecule has 2 aromatic heterocycles. The minimum absolute atomic E-state index is 0. The van der Waals surface area contributed by atoms with Crippen molar-refractivity contribution in [1.82, 2.24) is 25.7 Å². The molecule has 0 aliphatic heterocycles. The zero-order valence-electron chi connectivity index (χ0n) is 12.8. The quantitative estimate of drug-likeness (QED) is 0.700. The van der Waals surface area contributed by atoms with Gasteiger partial charge in [-0.15, -0.1) is 0 Å². The molecule has 0 bridgehead atoms. The van der Waals surface area contributed by atoms with Crippen LogP contribution in [0.5, 0.6) is 0 Å². The summed E-state index contributed by atoms with van der Waals surface area (Å²) in [5.74, 6) is 0.299. The van der Waals surface area contributed by atoms with E-state index in [-0.39, 0.29) is 18.9 Å². The van der Waals surface area contributed by atoms with Gasteiger partial charge in [-0.3, -0.25) is 0 Å². The fourth-order valence-corrected chi connectivity index (χ4v) is 2.72. The number of hydrogen-bond acceptors (Lipinski definition) is 8. The molecular weight excluding hydrogens is 311 g/mol. The van der Waals surface area contributed by atoms with Crippen molar-refractivity contribution >= 4 is 24.6 Å². The van der Waals surface area contributed by atoms with Gasteiger partial charge in [-0.25, -0.2) is 15.0 Å². The van der Waals surface area contributed by atoms with E-state index < -0.39 is 13.9 Å². The van der Waals surface area contributed by atoms with E-state index in [4.69, 9.17) is 10.5 Å². The maximum atomic E-state index is 11.4. The lowest BCUT2D eigenvalue weighted by Crippen LogP contribution is -2.20. The van der Waals surface area contributed by atoms with Crippen LogP contribution in [0.4, 0.5) is 5.82 Å². The van der Waals surface area contributed by atoms with Crippen molar-refractivity contribution in [2.24, 2.45) is 0 Å². The number of rotatable bonds is 7. The van der Waals surface area contributed by atoms with Gasteiger partial charge in [0, 0.05) is 0 Å². The minimum atomic E-state index is -3.94. The number of aromatic nitrogens is 4. The standard InChI is InChI=1S/C11H18N5O4P.H3N/c1-3-20-21(17,18)7-19-8(2)4-16-6-15-9-10(12)13-5-14-11(9)16;/h5-6,8H,3-4,7H2,1-2H3,(H,17,18)(H2,12,13,14);1H3/t8-;/m1./s1. The number of anilines is 1. The molecule has 11 heteroatoms. The van der Waals surface area contributed by atoms with Gasteiger partial charge in [0.2, 0.25) is 0 Å². The van der Waals surface area contributed by atoms with Gasteiger partial charge < -0.3 is 35.2 Å². The molecule has 124 valence electrons. The van der Waals surface area contributed by atoms with E-state index in [1.807, 2.05) is 0 Å². The van der Waals surface area contributed by atoms with Crippen LogP contribution >= 0.6 is 7.60 Å². The van der Waals surface area contributed by atoms with Crippen LogP contribution in [0.15, 0.2) is 12.7 Å². The number of quaternary nitrogens is 1. The zero-order chi connectivity index (χ0) is 15.5. The second-order valence-electron chi connectivity index (χ2n) is 4.46. The van der Waals surface area contributed by atoms with E-state index in [1.165, 1.54) is 6.33 Å². The molecule has 2 aromatic rings. The van der Waals surface area contributed by atoms with Crippen LogP contribution in [0.3, 0.4) is 0 Å². The molecular formula is C11H21N6O4P. The van der Waals surface area contributed by atoms with Crippen molar-refractivity contribution in [3.63, 3.8) is 0 Å². The minimum Gasteiger partial charge on any atom is -0.777 e. The van der Waals surface area contributed by atoms with Gasteiger partial charge in [0.25, 0.3) is 0 Å². The third-order valence-electron chi connectivity index (χ3n) is 2.73. The summed E-state index contributed by atoms with van der Waals surface area (Å²) in [5, 5.41) is 0. The van der Waals surface area contributed by atoms with E-state index in [9.17, 15) is 9.46 Å². The zero-order valence-corrected chi connectivity index (χ0v) is 13.7. The van der Waals surface area contributed by atoms with Crippen LogP contribution in [0.1, 0.15) is 13.8 Å². The first-order valence-corrected chi connectivity index (χ1v) is 8.13. The van der Waals surface area contributed by atoms with E-state index in [0.717, 1.165) is 0 Å². The summed E-state index contributed by atoms with van der Waals surface area (Å²) in [6.45, 7) is 3.85. The van der Waals surface area contributed by atoms with E-state index in [0.29, 0.717) is 23.5 Å². The van der Waals surface area contributed by atoms with Crippen molar-refractivity contribution in [2.45, 2.75) is 26.5 Å². The normalized spacial score (nSPS) is 15.2. The highest BCUT2D eigenvalue weighted by molar-refractivity contribution is 7.51. The molecule has 22 heavy (non-hydrogen) atoms. The fourth-order valence-electron chi connectivity index (χ4n) is 1.81. The van der Waals surface area contributed by atoms with Crippen molar-refractivity contribution in [3.05, 3.63) is 12.7 Å². The van der Waals surface area contributed by atoms with Gasteiger partial charge in [0.1, 0.15) is 18.2 Å². The predicted molar refractivity (Wildman–Crippen MR) is 80.4 cm³/mol. The van der Waals surface area contributed by atoms with Crippen LogP contribution in [0.2, 0.25) is 0 Å². The van der Waals surface area contributed by atoms with Crippen LogP contribution in [0, 0.1) is 0 Å². The molecule has 0 fully saturated rings. The maximum Gasteiger partial charge on any atom is 0.165 e. The average molecular weight is 332 g/mol. The smallest absolute Gasteiger partial charge is 0.165 e. The summed E-state index contributed by atoms with van der Waals surface area (Å²) in [7, 11) is -3.94. The summed E-state index contributed by atoms with van der Waals surface area (Å²) in [5.41, 5.74) is 6.78. The number of ether oxygens (including phenoxy) is 1. The third kappa shape index (κ3) is 4.46. The number of nitrogens with two attached hydrogens (primary N) is 1. The average Bonchev–Trinajstić information content (AvgIpc) is 2.81. The molecule has 0 saturated carbocycles. The lowest BCUT2D eigenvalue weighted by molar-refractivity contribution is -0.204. The molecule has 0 radical (unpaired) electrons. The van der Waals surface area contributed by atoms with Gasteiger partial charge in [0.05, 0.1) is 25.6 Å². The Morgan fingerprint density at radius 3 is 2.86 bits per heavy atom. The molecule has 2 heterocycles. The monoisotopic (exact) mass is 332 g/mol. The molecule has 0 saturated heterocycles. The summed E-state index contributed by atoms with van der Waals surface area (Å²) in [6, 6.07) is 0. The molecule has 2 rings (SSSR count). The lowest BCUT2D eigenvalue weighted by atomic mass is 10.4. The van der Waals surface area contributed by atoms with Crippen LogP contribution in [-0.4, -0.2) is 38.6 Å². The predicted octanol–water partition coefficient (Wildman–Crippen LogP) is 0.737. The Kier molecular flexibility index (Phi) is 6.39. The third-order valence-corrected chi connectivity index (χ3v) is 3.84. The topological polar surface area (TPSA) is 165 Å². The SMILES string of the molecule is CCOP(=O)([O-])CO[C@H](C)Cn1cnc2c(N)ncnc21.[NH4+]. The van der Waals surface area contributed by atoms with Gasteiger partial charge >= 0.3 is 0 Å². The summed E-state index contributed by atoms with van der Waals surface area (Å²) >= 11 is 0. The Morgan fingerprint density at radius 1 is 1.45 bits per heavy atom. The molecule has 2 atom stereocenters. The maximum absolute atomic E-state index is 11.4. The highest BCUT2D eigenvalue weighted by Crippen LogP contribution is 2.36. The molecule has 0 aromatic carbocycles. The first-order chi connectivity index (χ1) is 9.93. The van der Waals surface area contributed by atoms with E-state index >= 15 is 0 Å². The highest BCUT2D eigenvalue weighted by Gasteiger charge is 2.14. The van der Waals surface area contributed by atoms with Crippen molar-refractivity contribution in [3.8, 4) is 0 Å². The van der Waals surface area contributed by atoms with Gasteiger partial charge in [-0.2, -0.15) is 0 Å². The number of nitrogens with zero attached hydrogens (tertiary/aromatic N) is 4. The Balaban J connectivity index is 0.00000242. The molecule has 1 unspecified atom stereocenters. The fraction of sp³-hybridized carbons (Fsp3) is 0.545. The van der Waals surface area contributed by atoms with Crippen molar-refractivity contribution in [2.75, 3.05) is 18.7 Å². The van der Waals surface area contributed by atoms with E-state index in [1.54, 1.807) is 24.7 Å². The van der Waals surface area contributed by atoms with Gasteiger partial charge in [-0.1, -0.05) is 0 Å². The van der Waals surface area contributed by atoms with Gasteiger partial charge in [0.15, 0.2) is 19.1 Å². The number of imidazole rings is 1. The Labute approximate surface area is 127 Å². The second-order valence-corrected chi connectivity index (χ2v) is 6.20. The summed E-state index contributed by atoms with van der Waals surface area (Å²) in [6.07, 6.45) is 2.09. The Hall–Kier alpha value is -1.58. The van der Waals surface area contributed by atoms with Gasteiger partial charge in [-0.05, 0) is 13.8 Å². The molecule has 10 nitrogen and oxygen atoms in total. The summed E-state index contributed by atoms with van der Waals surface area (Å²) in [4.78, 5) is 23.5. The lowest BCUT2D eigenvalue weighted by Gasteiger charge is -2.24. The van der Waals surface area contributed by atoms with Crippen LogP contribution in [-0.2, 0) is 20.4 Å². The largest absolute Gasteiger partial charge is 0.777 e. The number of nitrogen functional groups attached to an aromatic ring is 1. The first-order valence-electron chi connectivity index (χ1n) is 6.40. The van der Waals surface area contributed by atoms with Crippen molar-refractivity contribution < 1.29 is 18.7 Å². The highest BCUT2D eigenvalue weighted by atomic mass is 31.2. The number of fused-ring (bicyclic) bond motifs is 1. The Morgan fingerprint density at radius 2 is 2.18 bits per heavy atom. The second kappa shape index (κ2) is 7.61. The van der Waals surface area contributed by atoms with Crippen LogP contribution < -0.4 is 16.8 Å². The molecule has 0 spiro atoms. The molecule has 0 aliphatic carbocycles. The molecule has 0 amide bonds. The molecule has 6 N–H and O–H groups in total. The molecule has 0 aliphatic rings.